The molecule has 1 atom stereocenters. The summed E-state index contributed by atoms with van der Waals surface area (Å²) >= 11 is 0. The molecule has 0 saturated carbocycles. The number of hydrogen-bond acceptors (Lipinski definition) is 2. The van der Waals surface area contributed by atoms with Gasteiger partial charge in [-0.3, -0.25) is 0 Å². The molecule has 0 bridgehead atoms. The van der Waals surface area contributed by atoms with E-state index in [0.717, 1.165) is 19.3 Å². The summed E-state index contributed by atoms with van der Waals surface area (Å²) in [6.07, 6.45) is 2.64. The lowest BCUT2D eigenvalue weighted by Gasteiger charge is -2.28. The molecule has 1 aromatic rings. The lowest BCUT2D eigenvalue weighted by atomic mass is 9.76. The first-order valence-electron chi connectivity index (χ1n) is 6.17. The summed E-state index contributed by atoms with van der Waals surface area (Å²) in [6.45, 7) is 3.22. The zero-order valence-electron chi connectivity index (χ0n) is 10.5. The van der Waals surface area contributed by atoms with Gasteiger partial charge in [0.15, 0.2) is 0 Å². The average Bonchev–Trinajstić information content (AvgIpc) is 2.53. The fourth-order valence-electron chi connectivity index (χ4n) is 2.60. The Labute approximate surface area is 113 Å². The first-order chi connectivity index (χ1) is 8.42. The molecule has 0 spiro atoms. The van der Waals surface area contributed by atoms with Gasteiger partial charge in [-0.1, -0.05) is 37.3 Å². The van der Waals surface area contributed by atoms with E-state index in [0.29, 0.717) is 13.1 Å². The Balaban J connectivity index is 2.18. The standard InChI is InChI=1S/C13H18ClNO2S/c1-13(12-6-3-2-4-7-12)8-5-10-15(11-9-13)18(14,16)17/h2-4,6-7H,5,8-11H2,1H3. The predicted molar refractivity (Wildman–Crippen MR) is 74.0 cm³/mol. The Morgan fingerprint density at radius 3 is 2.44 bits per heavy atom. The minimum absolute atomic E-state index is 0.0393. The number of rotatable bonds is 2. The van der Waals surface area contributed by atoms with Crippen LogP contribution in [0.1, 0.15) is 31.7 Å². The first kappa shape index (κ1) is 13.8. The topological polar surface area (TPSA) is 37.4 Å². The minimum atomic E-state index is -3.58. The maximum absolute atomic E-state index is 11.4. The van der Waals surface area contributed by atoms with Crippen molar-refractivity contribution in [2.24, 2.45) is 0 Å². The SMILES string of the molecule is CC1(c2ccccc2)CCCN(S(=O)(=O)Cl)CC1. The third kappa shape index (κ3) is 3.05. The van der Waals surface area contributed by atoms with E-state index in [9.17, 15) is 8.42 Å². The van der Waals surface area contributed by atoms with Crippen molar-refractivity contribution in [3.05, 3.63) is 35.9 Å². The number of nitrogens with zero attached hydrogens (tertiary/aromatic N) is 1. The molecular formula is C13H18ClNO2S. The van der Waals surface area contributed by atoms with Crippen LogP contribution in [0.15, 0.2) is 30.3 Å². The monoisotopic (exact) mass is 287 g/mol. The molecule has 1 aliphatic heterocycles. The molecule has 1 saturated heterocycles. The third-order valence-electron chi connectivity index (χ3n) is 3.83. The van der Waals surface area contributed by atoms with E-state index in [1.165, 1.54) is 9.87 Å². The lowest BCUT2D eigenvalue weighted by Crippen LogP contribution is -2.29. The summed E-state index contributed by atoms with van der Waals surface area (Å²) < 4.78 is 24.1. The van der Waals surface area contributed by atoms with Crippen LogP contribution in [-0.2, 0) is 14.7 Å². The van der Waals surface area contributed by atoms with Crippen LogP contribution in [0.2, 0.25) is 0 Å². The Morgan fingerprint density at radius 1 is 1.17 bits per heavy atom. The second-order valence-electron chi connectivity index (χ2n) is 5.12. The average molecular weight is 288 g/mol. The van der Waals surface area contributed by atoms with Crippen molar-refractivity contribution in [2.45, 2.75) is 31.6 Å². The van der Waals surface area contributed by atoms with Gasteiger partial charge >= 0.3 is 0 Å². The van der Waals surface area contributed by atoms with Crippen molar-refractivity contribution in [1.29, 1.82) is 0 Å². The Morgan fingerprint density at radius 2 is 1.83 bits per heavy atom. The van der Waals surface area contributed by atoms with Crippen LogP contribution in [0.25, 0.3) is 0 Å². The van der Waals surface area contributed by atoms with Crippen LogP contribution in [0, 0.1) is 0 Å². The molecule has 5 heteroatoms. The molecule has 1 aliphatic rings. The van der Waals surface area contributed by atoms with E-state index in [2.05, 4.69) is 19.1 Å². The fourth-order valence-corrected chi connectivity index (χ4v) is 3.67. The Kier molecular flexibility index (Phi) is 3.99. The van der Waals surface area contributed by atoms with Crippen LogP contribution in [0.3, 0.4) is 0 Å². The van der Waals surface area contributed by atoms with Gasteiger partial charge in [0.2, 0.25) is 0 Å². The van der Waals surface area contributed by atoms with Crippen LogP contribution in [-0.4, -0.2) is 25.8 Å². The summed E-state index contributed by atoms with van der Waals surface area (Å²) in [5.41, 5.74) is 1.32. The van der Waals surface area contributed by atoms with E-state index < -0.39 is 9.24 Å². The maximum atomic E-state index is 11.4. The second kappa shape index (κ2) is 5.19. The zero-order valence-corrected chi connectivity index (χ0v) is 12.0. The first-order valence-corrected chi connectivity index (χ1v) is 8.44. The zero-order chi connectivity index (χ0) is 13.2. The van der Waals surface area contributed by atoms with Gasteiger partial charge in [0, 0.05) is 23.8 Å². The summed E-state index contributed by atoms with van der Waals surface area (Å²) in [7, 11) is 1.85. The smallest absolute Gasteiger partial charge is 0.195 e. The lowest BCUT2D eigenvalue weighted by molar-refractivity contribution is 0.396. The molecule has 3 nitrogen and oxygen atoms in total. The van der Waals surface area contributed by atoms with Crippen LogP contribution < -0.4 is 0 Å². The molecule has 2 rings (SSSR count). The van der Waals surface area contributed by atoms with Gasteiger partial charge in [-0.25, -0.2) is 0 Å². The predicted octanol–water partition coefficient (Wildman–Crippen LogP) is 2.91. The van der Waals surface area contributed by atoms with Crippen molar-refractivity contribution in [3.8, 4) is 0 Å². The molecule has 0 aliphatic carbocycles. The number of hydrogen-bond donors (Lipinski definition) is 0. The molecule has 0 radical (unpaired) electrons. The van der Waals surface area contributed by atoms with Crippen molar-refractivity contribution in [2.75, 3.05) is 13.1 Å². The van der Waals surface area contributed by atoms with E-state index >= 15 is 0 Å². The van der Waals surface area contributed by atoms with Gasteiger partial charge in [0.25, 0.3) is 9.24 Å². The second-order valence-corrected chi connectivity index (χ2v) is 7.63. The van der Waals surface area contributed by atoms with Gasteiger partial charge in [-0.15, -0.1) is 0 Å². The third-order valence-corrected chi connectivity index (χ3v) is 5.40. The van der Waals surface area contributed by atoms with Gasteiger partial charge < -0.3 is 0 Å². The van der Waals surface area contributed by atoms with E-state index in [1.807, 2.05) is 18.2 Å². The Hall–Kier alpha value is -0.580. The summed E-state index contributed by atoms with van der Waals surface area (Å²) in [5.74, 6) is 0. The summed E-state index contributed by atoms with van der Waals surface area (Å²) in [5, 5.41) is 0. The highest BCUT2D eigenvalue weighted by molar-refractivity contribution is 8.11. The highest BCUT2D eigenvalue weighted by atomic mass is 35.7. The maximum Gasteiger partial charge on any atom is 0.299 e. The quantitative estimate of drug-likeness (QED) is 0.784. The molecule has 1 heterocycles. The Bertz CT molecular complexity index is 503. The molecule has 1 unspecified atom stereocenters. The highest BCUT2D eigenvalue weighted by Crippen LogP contribution is 2.35. The molecule has 0 N–H and O–H groups in total. The minimum Gasteiger partial charge on any atom is -0.195 e. The van der Waals surface area contributed by atoms with Crippen molar-refractivity contribution < 1.29 is 8.42 Å². The van der Waals surface area contributed by atoms with E-state index in [1.54, 1.807) is 0 Å². The van der Waals surface area contributed by atoms with Gasteiger partial charge in [0.05, 0.1) is 0 Å². The molecule has 1 fully saturated rings. The fraction of sp³-hybridized carbons (Fsp3) is 0.538. The van der Waals surface area contributed by atoms with Crippen LogP contribution in [0.5, 0.6) is 0 Å². The molecule has 18 heavy (non-hydrogen) atoms. The highest BCUT2D eigenvalue weighted by Gasteiger charge is 2.32. The summed E-state index contributed by atoms with van der Waals surface area (Å²) in [6, 6.07) is 10.3. The molecule has 100 valence electrons. The molecular weight excluding hydrogens is 270 g/mol. The largest absolute Gasteiger partial charge is 0.299 e. The van der Waals surface area contributed by atoms with E-state index in [4.69, 9.17) is 10.7 Å². The van der Waals surface area contributed by atoms with E-state index in [-0.39, 0.29) is 5.41 Å². The van der Waals surface area contributed by atoms with Gasteiger partial charge in [-0.05, 0) is 30.2 Å². The number of halogens is 1. The normalized spacial score (nSPS) is 26.8. The number of benzene rings is 1. The van der Waals surface area contributed by atoms with Crippen molar-refractivity contribution >= 4 is 19.9 Å². The van der Waals surface area contributed by atoms with Gasteiger partial charge in [0.1, 0.15) is 0 Å². The molecule has 0 amide bonds. The van der Waals surface area contributed by atoms with Crippen LogP contribution >= 0.6 is 10.7 Å². The molecule has 1 aromatic carbocycles. The van der Waals surface area contributed by atoms with Crippen molar-refractivity contribution in [1.82, 2.24) is 4.31 Å². The molecule has 0 aromatic heterocycles. The van der Waals surface area contributed by atoms with Gasteiger partial charge in [-0.2, -0.15) is 12.7 Å². The van der Waals surface area contributed by atoms with Crippen molar-refractivity contribution in [3.63, 3.8) is 0 Å². The summed E-state index contributed by atoms with van der Waals surface area (Å²) in [4.78, 5) is 0. The van der Waals surface area contributed by atoms with Crippen LogP contribution in [0.4, 0.5) is 0 Å².